The fourth-order valence-corrected chi connectivity index (χ4v) is 1.82. The summed E-state index contributed by atoms with van der Waals surface area (Å²) >= 11 is 6.03. The van der Waals surface area contributed by atoms with E-state index in [0.29, 0.717) is 16.3 Å². The van der Waals surface area contributed by atoms with Gasteiger partial charge in [0, 0.05) is 10.6 Å². The van der Waals surface area contributed by atoms with Crippen molar-refractivity contribution in [1.82, 2.24) is 5.32 Å². The standard InChI is InChI=1S/C13H16ClNO4/c1-8(13(17)19-3)15-12(16)7-9-10(14)5-4-6-11(9)18-2/h4-6,8H,7H2,1-3H3,(H,15,16)/t8-/m0/s1. The normalized spacial score (nSPS) is 11.6. The molecule has 1 aromatic carbocycles. The maximum absolute atomic E-state index is 11.8. The fraction of sp³-hybridized carbons (Fsp3) is 0.385. The Morgan fingerprint density at radius 1 is 1.37 bits per heavy atom. The van der Waals surface area contributed by atoms with Crippen LogP contribution in [0.4, 0.5) is 0 Å². The second kappa shape index (κ2) is 6.99. The molecular weight excluding hydrogens is 270 g/mol. The summed E-state index contributed by atoms with van der Waals surface area (Å²) in [4.78, 5) is 23.0. The van der Waals surface area contributed by atoms with Crippen LogP contribution in [0.25, 0.3) is 0 Å². The average Bonchev–Trinajstić information content (AvgIpc) is 2.39. The van der Waals surface area contributed by atoms with Gasteiger partial charge in [0.25, 0.3) is 0 Å². The maximum atomic E-state index is 11.8. The van der Waals surface area contributed by atoms with Crippen LogP contribution in [0.3, 0.4) is 0 Å². The van der Waals surface area contributed by atoms with Crippen LogP contribution in [0.1, 0.15) is 12.5 Å². The highest BCUT2D eigenvalue weighted by atomic mass is 35.5. The van der Waals surface area contributed by atoms with Gasteiger partial charge in [-0.3, -0.25) is 4.79 Å². The number of methoxy groups -OCH3 is 2. The zero-order valence-corrected chi connectivity index (χ0v) is 11.8. The molecule has 0 saturated carbocycles. The SMILES string of the molecule is COC(=O)[C@H](C)NC(=O)Cc1c(Cl)cccc1OC. The topological polar surface area (TPSA) is 64.6 Å². The van der Waals surface area contributed by atoms with Crippen molar-refractivity contribution in [2.75, 3.05) is 14.2 Å². The highest BCUT2D eigenvalue weighted by Gasteiger charge is 2.18. The van der Waals surface area contributed by atoms with E-state index in [1.54, 1.807) is 25.1 Å². The molecule has 19 heavy (non-hydrogen) atoms. The Morgan fingerprint density at radius 3 is 2.63 bits per heavy atom. The summed E-state index contributed by atoms with van der Waals surface area (Å²) < 4.78 is 9.67. The number of hydrogen-bond donors (Lipinski definition) is 1. The number of halogens is 1. The van der Waals surface area contributed by atoms with Crippen LogP contribution in [0.5, 0.6) is 5.75 Å². The van der Waals surface area contributed by atoms with E-state index >= 15 is 0 Å². The van der Waals surface area contributed by atoms with Crippen LogP contribution in [-0.4, -0.2) is 32.1 Å². The van der Waals surface area contributed by atoms with Gasteiger partial charge in [-0.25, -0.2) is 4.79 Å². The second-order valence-electron chi connectivity index (χ2n) is 3.91. The Labute approximate surface area is 116 Å². The molecule has 0 aliphatic carbocycles. The minimum absolute atomic E-state index is 0.0319. The van der Waals surface area contributed by atoms with Gasteiger partial charge in [-0.05, 0) is 19.1 Å². The number of rotatable bonds is 5. The van der Waals surface area contributed by atoms with Crippen molar-refractivity contribution in [2.24, 2.45) is 0 Å². The number of nitrogens with one attached hydrogen (secondary N) is 1. The van der Waals surface area contributed by atoms with E-state index in [-0.39, 0.29) is 12.3 Å². The molecule has 0 bridgehead atoms. The Kier molecular flexibility index (Phi) is 5.63. The molecule has 1 amide bonds. The van der Waals surface area contributed by atoms with E-state index < -0.39 is 12.0 Å². The van der Waals surface area contributed by atoms with Crippen molar-refractivity contribution in [2.45, 2.75) is 19.4 Å². The lowest BCUT2D eigenvalue weighted by atomic mass is 10.1. The average molecular weight is 286 g/mol. The summed E-state index contributed by atoms with van der Waals surface area (Å²) in [5.74, 6) is -0.294. The lowest BCUT2D eigenvalue weighted by molar-refractivity contribution is -0.144. The number of esters is 1. The molecule has 1 rings (SSSR count). The smallest absolute Gasteiger partial charge is 0.328 e. The molecule has 0 saturated heterocycles. The Bertz CT molecular complexity index is 476. The monoisotopic (exact) mass is 285 g/mol. The largest absolute Gasteiger partial charge is 0.496 e. The van der Waals surface area contributed by atoms with Crippen LogP contribution < -0.4 is 10.1 Å². The van der Waals surface area contributed by atoms with Crippen molar-refractivity contribution in [1.29, 1.82) is 0 Å². The van der Waals surface area contributed by atoms with Gasteiger partial charge >= 0.3 is 5.97 Å². The van der Waals surface area contributed by atoms with Crippen LogP contribution in [-0.2, 0) is 20.7 Å². The van der Waals surface area contributed by atoms with Gasteiger partial charge in [0.15, 0.2) is 0 Å². The number of carbonyl (C=O) groups excluding carboxylic acids is 2. The zero-order valence-electron chi connectivity index (χ0n) is 11.0. The number of carbonyl (C=O) groups is 2. The summed E-state index contributed by atoms with van der Waals surface area (Å²) in [5.41, 5.74) is 0.584. The fourth-order valence-electron chi connectivity index (χ4n) is 1.59. The summed E-state index contributed by atoms with van der Waals surface area (Å²) in [5, 5.41) is 2.97. The molecule has 5 nitrogen and oxygen atoms in total. The van der Waals surface area contributed by atoms with Crippen molar-refractivity contribution < 1.29 is 19.1 Å². The van der Waals surface area contributed by atoms with Crippen LogP contribution in [0.2, 0.25) is 5.02 Å². The van der Waals surface area contributed by atoms with Gasteiger partial charge in [-0.1, -0.05) is 17.7 Å². The summed E-state index contributed by atoms with van der Waals surface area (Å²) in [7, 11) is 2.77. The van der Waals surface area contributed by atoms with E-state index in [0.717, 1.165) is 0 Å². The molecule has 1 N–H and O–H groups in total. The minimum Gasteiger partial charge on any atom is -0.496 e. The lowest BCUT2D eigenvalue weighted by Gasteiger charge is -2.13. The van der Waals surface area contributed by atoms with Gasteiger partial charge in [0.05, 0.1) is 20.6 Å². The predicted molar refractivity (Wildman–Crippen MR) is 71.3 cm³/mol. The summed E-state index contributed by atoms with van der Waals surface area (Å²) in [6.07, 6.45) is 0.0319. The molecule has 1 atom stereocenters. The van der Waals surface area contributed by atoms with Gasteiger partial charge in [-0.15, -0.1) is 0 Å². The number of benzene rings is 1. The van der Waals surface area contributed by atoms with Crippen molar-refractivity contribution in [3.05, 3.63) is 28.8 Å². The van der Waals surface area contributed by atoms with E-state index in [2.05, 4.69) is 10.1 Å². The van der Waals surface area contributed by atoms with Gasteiger partial charge in [0.2, 0.25) is 5.91 Å². The third-order valence-corrected chi connectivity index (χ3v) is 2.92. The maximum Gasteiger partial charge on any atom is 0.328 e. The van der Waals surface area contributed by atoms with Gasteiger partial charge < -0.3 is 14.8 Å². The first-order valence-electron chi connectivity index (χ1n) is 5.68. The first-order chi connectivity index (χ1) is 8.99. The Morgan fingerprint density at radius 2 is 2.05 bits per heavy atom. The first-order valence-corrected chi connectivity index (χ1v) is 6.06. The number of amides is 1. The molecular formula is C13H16ClNO4. The van der Waals surface area contributed by atoms with Crippen LogP contribution in [0.15, 0.2) is 18.2 Å². The highest BCUT2D eigenvalue weighted by molar-refractivity contribution is 6.31. The number of hydrogen-bond acceptors (Lipinski definition) is 4. The molecule has 1 aromatic rings. The van der Waals surface area contributed by atoms with Crippen LogP contribution in [0, 0.1) is 0 Å². The lowest BCUT2D eigenvalue weighted by Crippen LogP contribution is -2.40. The molecule has 104 valence electrons. The molecule has 6 heteroatoms. The Hall–Kier alpha value is -1.75. The van der Waals surface area contributed by atoms with E-state index in [4.69, 9.17) is 16.3 Å². The molecule has 0 radical (unpaired) electrons. The van der Waals surface area contributed by atoms with E-state index in [1.807, 2.05) is 0 Å². The first kappa shape index (κ1) is 15.3. The van der Waals surface area contributed by atoms with Gasteiger partial charge in [0.1, 0.15) is 11.8 Å². The van der Waals surface area contributed by atoms with Crippen molar-refractivity contribution >= 4 is 23.5 Å². The molecule has 0 spiro atoms. The molecule has 0 fully saturated rings. The van der Waals surface area contributed by atoms with Crippen molar-refractivity contribution in [3.63, 3.8) is 0 Å². The Balaban J connectivity index is 2.75. The quantitative estimate of drug-likeness (QED) is 0.834. The van der Waals surface area contributed by atoms with E-state index in [1.165, 1.54) is 14.2 Å². The molecule has 0 aliphatic rings. The van der Waals surface area contributed by atoms with Crippen molar-refractivity contribution in [3.8, 4) is 5.75 Å². The minimum atomic E-state index is -0.703. The molecule has 0 heterocycles. The van der Waals surface area contributed by atoms with Gasteiger partial charge in [-0.2, -0.15) is 0 Å². The third-order valence-electron chi connectivity index (χ3n) is 2.57. The predicted octanol–water partition coefficient (Wildman–Crippen LogP) is 1.57. The van der Waals surface area contributed by atoms with E-state index in [9.17, 15) is 9.59 Å². The summed E-state index contributed by atoms with van der Waals surface area (Å²) in [6, 6.07) is 4.43. The molecule has 0 aliphatic heterocycles. The number of ether oxygens (including phenoxy) is 2. The summed E-state index contributed by atoms with van der Waals surface area (Å²) in [6.45, 7) is 1.55. The zero-order chi connectivity index (χ0) is 14.4. The van der Waals surface area contributed by atoms with Crippen LogP contribution >= 0.6 is 11.6 Å². The molecule has 0 aromatic heterocycles. The molecule has 0 unspecified atom stereocenters. The highest BCUT2D eigenvalue weighted by Crippen LogP contribution is 2.26. The second-order valence-corrected chi connectivity index (χ2v) is 4.32. The third kappa shape index (κ3) is 4.13.